The highest BCUT2D eigenvalue weighted by Gasteiger charge is 2.71. The van der Waals surface area contributed by atoms with Gasteiger partial charge < -0.3 is 20.1 Å². The van der Waals surface area contributed by atoms with Crippen LogP contribution in [0, 0.1) is 28.6 Å². The molecule has 8 atom stereocenters. The Morgan fingerprint density at radius 3 is 2.51 bits per heavy atom. The second-order valence-corrected chi connectivity index (χ2v) is 12.1. The molecule has 0 aromatic heterocycles. The number of nitrogens with zero attached hydrogens (tertiary/aromatic N) is 1. The lowest BCUT2D eigenvalue weighted by molar-refractivity contribution is -0.237. The molecule has 4 aliphatic carbocycles. The molecule has 0 amide bonds. The number of cyclic esters (lactones) is 1. The van der Waals surface area contributed by atoms with Crippen LogP contribution in [0.25, 0.3) is 0 Å². The van der Waals surface area contributed by atoms with Crippen molar-refractivity contribution in [1.82, 2.24) is 0 Å². The van der Waals surface area contributed by atoms with Crippen molar-refractivity contribution in [3.8, 4) is 0 Å². The fourth-order valence-corrected chi connectivity index (χ4v) is 9.06. The Morgan fingerprint density at radius 2 is 1.77 bits per heavy atom. The van der Waals surface area contributed by atoms with Gasteiger partial charge in [-0.2, -0.15) is 0 Å². The van der Waals surface area contributed by atoms with E-state index in [1.54, 1.807) is 6.08 Å². The second kappa shape index (κ2) is 7.99. The molecular weight excluding hydrogens is 442 g/mol. The number of carbonyl (C=O) groups is 1. The molecule has 35 heavy (non-hydrogen) atoms. The number of aliphatic imine (C=N–C) groups is 1. The number of aliphatic hydroxyl groups is 3. The molecule has 0 saturated heterocycles. The second-order valence-electron chi connectivity index (χ2n) is 12.1. The van der Waals surface area contributed by atoms with Gasteiger partial charge in [-0.1, -0.05) is 25.1 Å². The first-order valence-corrected chi connectivity index (χ1v) is 13.3. The number of fused-ring (bicyclic) bond motifs is 5. The number of carbonyl (C=O) groups excluding carboxylic acids is 1. The Hall–Kier alpha value is -2.02. The van der Waals surface area contributed by atoms with E-state index in [1.165, 1.54) is 0 Å². The van der Waals surface area contributed by atoms with Gasteiger partial charge >= 0.3 is 5.97 Å². The molecule has 5 aliphatic rings. The zero-order valence-electron chi connectivity index (χ0n) is 20.5. The van der Waals surface area contributed by atoms with Gasteiger partial charge in [0.1, 0.15) is 6.61 Å². The van der Waals surface area contributed by atoms with Crippen molar-refractivity contribution in [2.45, 2.75) is 82.0 Å². The van der Waals surface area contributed by atoms with E-state index < -0.39 is 22.7 Å². The Morgan fingerprint density at radius 1 is 1.00 bits per heavy atom. The molecule has 0 bridgehead atoms. The molecule has 3 N–H and O–H groups in total. The summed E-state index contributed by atoms with van der Waals surface area (Å²) in [7, 11) is 0. The molecular formula is C29H37NO5. The minimum absolute atomic E-state index is 0.0441. The van der Waals surface area contributed by atoms with Crippen molar-refractivity contribution in [3.05, 3.63) is 42.0 Å². The van der Waals surface area contributed by atoms with Crippen LogP contribution in [-0.4, -0.2) is 51.4 Å². The summed E-state index contributed by atoms with van der Waals surface area (Å²) in [6, 6.07) is 9.83. The molecule has 4 saturated carbocycles. The lowest BCUT2D eigenvalue weighted by atomic mass is 9.41. The van der Waals surface area contributed by atoms with E-state index in [2.05, 4.69) is 6.92 Å². The number of para-hydroxylation sites is 1. The van der Waals surface area contributed by atoms with Gasteiger partial charge in [-0.3, -0.25) is 4.99 Å². The van der Waals surface area contributed by atoms with Crippen LogP contribution < -0.4 is 0 Å². The van der Waals surface area contributed by atoms with Crippen molar-refractivity contribution in [1.29, 1.82) is 0 Å². The number of hydrogen-bond acceptors (Lipinski definition) is 6. The molecule has 6 rings (SSSR count). The third kappa shape index (κ3) is 3.25. The number of aliphatic hydroxyl groups excluding tert-OH is 1. The van der Waals surface area contributed by atoms with E-state index >= 15 is 0 Å². The van der Waals surface area contributed by atoms with Gasteiger partial charge in [0.2, 0.25) is 0 Å². The summed E-state index contributed by atoms with van der Waals surface area (Å²) in [5.74, 6) is 0.00575. The summed E-state index contributed by atoms with van der Waals surface area (Å²) < 4.78 is 5.24. The monoisotopic (exact) mass is 479 g/mol. The summed E-state index contributed by atoms with van der Waals surface area (Å²) in [4.78, 5) is 16.7. The van der Waals surface area contributed by atoms with Crippen LogP contribution in [0.5, 0.6) is 0 Å². The quantitative estimate of drug-likeness (QED) is 0.448. The van der Waals surface area contributed by atoms with E-state index in [9.17, 15) is 20.1 Å². The highest BCUT2D eigenvalue weighted by atomic mass is 16.5. The number of ether oxygens (including phenoxy) is 1. The minimum atomic E-state index is -1.03. The Balaban J connectivity index is 1.39. The maximum absolute atomic E-state index is 12.5. The third-order valence-electron chi connectivity index (χ3n) is 10.8. The largest absolute Gasteiger partial charge is 0.458 e. The average Bonchev–Trinajstić information content (AvgIpc) is 3.38. The summed E-state index contributed by atoms with van der Waals surface area (Å²) in [6.45, 7) is 2.55. The number of benzene rings is 1. The zero-order chi connectivity index (χ0) is 24.5. The molecule has 1 aliphatic heterocycles. The van der Waals surface area contributed by atoms with Gasteiger partial charge in [-0.25, -0.2) is 4.79 Å². The van der Waals surface area contributed by atoms with Crippen molar-refractivity contribution in [2.75, 3.05) is 6.61 Å². The molecule has 4 fully saturated rings. The fourth-order valence-electron chi connectivity index (χ4n) is 9.06. The van der Waals surface area contributed by atoms with Crippen LogP contribution in [0.2, 0.25) is 0 Å². The minimum Gasteiger partial charge on any atom is -0.458 e. The summed E-state index contributed by atoms with van der Waals surface area (Å²) in [5.41, 5.74) is -0.907. The standard InChI is InChI=1S/C29H37NO5/c1-26-11-8-23-24(29(26,34)14-10-22(26)19-15-25(32)35-17-19)9-13-28(33)16-21(31)7-12-27(23,28)18-30-20-5-3-2-4-6-20/h2-6,15,18,21-24,31,33-34H,7-14,16-17H2,1H3/t21-,22+,23-,24+,26+,27-,28-,29-/m0/s1. The molecule has 1 heterocycles. The first-order chi connectivity index (χ1) is 16.7. The topological polar surface area (TPSA) is 99.4 Å². The number of hydrogen-bond donors (Lipinski definition) is 3. The van der Waals surface area contributed by atoms with Crippen LogP contribution in [0.3, 0.4) is 0 Å². The van der Waals surface area contributed by atoms with E-state index in [-0.39, 0.29) is 29.1 Å². The van der Waals surface area contributed by atoms with Crippen molar-refractivity contribution >= 4 is 17.9 Å². The molecule has 0 spiro atoms. The third-order valence-corrected chi connectivity index (χ3v) is 10.8. The summed E-state index contributed by atoms with van der Waals surface area (Å²) >= 11 is 0. The van der Waals surface area contributed by atoms with Gasteiger partial charge in [-0.05, 0) is 86.8 Å². The van der Waals surface area contributed by atoms with Crippen LogP contribution >= 0.6 is 0 Å². The van der Waals surface area contributed by atoms with Gasteiger partial charge in [0.15, 0.2) is 0 Å². The van der Waals surface area contributed by atoms with Crippen LogP contribution in [0.15, 0.2) is 47.0 Å². The zero-order valence-corrected chi connectivity index (χ0v) is 20.5. The van der Waals surface area contributed by atoms with E-state index in [4.69, 9.17) is 9.73 Å². The SMILES string of the molecule is C[C@]12CC[C@H]3[C@@H](CC[C@]4(O)C[C@@H](O)CC[C@]34C=Nc3ccccc3)[C@@]1(O)CC[C@@H]2C1=CC(=O)OC1. The number of esters is 1. The first kappa shape index (κ1) is 23.4. The normalized spacial score (nSPS) is 47.1. The van der Waals surface area contributed by atoms with E-state index in [0.717, 1.165) is 36.9 Å². The number of rotatable bonds is 3. The van der Waals surface area contributed by atoms with Crippen molar-refractivity contribution < 1.29 is 24.9 Å². The summed E-state index contributed by atoms with van der Waals surface area (Å²) in [5, 5.41) is 35.1. The Kier molecular flexibility index (Phi) is 5.34. The van der Waals surface area contributed by atoms with Crippen LogP contribution in [-0.2, 0) is 9.53 Å². The molecule has 6 nitrogen and oxygen atoms in total. The predicted molar refractivity (Wildman–Crippen MR) is 132 cm³/mol. The molecule has 188 valence electrons. The summed E-state index contributed by atoms with van der Waals surface area (Å²) in [6.07, 6.45) is 9.38. The first-order valence-electron chi connectivity index (χ1n) is 13.3. The highest BCUT2D eigenvalue weighted by molar-refractivity contribution is 5.85. The Bertz CT molecular complexity index is 1070. The Labute approximate surface area is 207 Å². The van der Waals surface area contributed by atoms with E-state index in [1.807, 2.05) is 36.5 Å². The van der Waals surface area contributed by atoms with Crippen LogP contribution in [0.4, 0.5) is 5.69 Å². The molecule has 0 unspecified atom stereocenters. The van der Waals surface area contributed by atoms with Gasteiger partial charge in [0.05, 0.1) is 23.0 Å². The van der Waals surface area contributed by atoms with Gasteiger partial charge in [0.25, 0.3) is 0 Å². The lowest BCUT2D eigenvalue weighted by Gasteiger charge is -2.65. The van der Waals surface area contributed by atoms with Crippen molar-refractivity contribution in [3.63, 3.8) is 0 Å². The fraction of sp³-hybridized carbons (Fsp3) is 0.655. The molecule has 1 aromatic rings. The molecule has 1 aromatic carbocycles. The lowest BCUT2D eigenvalue weighted by Crippen LogP contribution is -2.68. The van der Waals surface area contributed by atoms with Gasteiger partial charge in [-0.15, -0.1) is 0 Å². The smallest absolute Gasteiger partial charge is 0.331 e. The molecule has 6 heteroatoms. The predicted octanol–water partition coefficient (Wildman–Crippen LogP) is 4.10. The van der Waals surface area contributed by atoms with Crippen molar-refractivity contribution in [2.24, 2.45) is 33.6 Å². The van der Waals surface area contributed by atoms with Gasteiger partial charge in [0, 0.05) is 29.5 Å². The maximum Gasteiger partial charge on any atom is 0.331 e. The van der Waals surface area contributed by atoms with Crippen LogP contribution in [0.1, 0.15) is 64.7 Å². The maximum atomic E-state index is 12.5. The molecule has 0 radical (unpaired) electrons. The van der Waals surface area contributed by atoms with E-state index in [0.29, 0.717) is 38.7 Å². The average molecular weight is 480 g/mol. The highest BCUT2D eigenvalue weighted by Crippen LogP contribution is 2.70.